The molecule has 0 saturated carbocycles. The van der Waals surface area contributed by atoms with Gasteiger partial charge in [-0.15, -0.1) is 0 Å². The molecule has 106 valence electrons. The van der Waals surface area contributed by atoms with Gasteiger partial charge in [-0.25, -0.2) is 9.59 Å². The third-order valence-corrected chi connectivity index (χ3v) is 2.54. The van der Waals surface area contributed by atoms with E-state index in [4.69, 9.17) is 19.3 Å². The monoisotopic (exact) mass is 263 g/mol. The van der Waals surface area contributed by atoms with Crippen LogP contribution in [0.4, 0.5) is 4.79 Å². The molecule has 7 heteroatoms. The van der Waals surface area contributed by atoms with E-state index in [-0.39, 0.29) is 13.2 Å². The van der Waals surface area contributed by atoms with Crippen LogP contribution in [0.5, 0.6) is 0 Å². The van der Waals surface area contributed by atoms with E-state index in [1.807, 2.05) is 0 Å². The van der Waals surface area contributed by atoms with Gasteiger partial charge in [-0.05, 0) is 20.8 Å². The van der Waals surface area contributed by atoms with Crippen molar-refractivity contribution in [1.82, 2.24) is 4.90 Å². The SMILES string of the molecule is CCOC(=O)N(CC(OC)OC)C(C)(C)C(=O)O. The highest BCUT2D eigenvalue weighted by molar-refractivity contribution is 5.83. The smallest absolute Gasteiger partial charge is 0.410 e. The van der Waals surface area contributed by atoms with Gasteiger partial charge in [0, 0.05) is 14.2 Å². The van der Waals surface area contributed by atoms with E-state index >= 15 is 0 Å². The van der Waals surface area contributed by atoms with Gasteiger partial charge >= 0.3 is 12.1 Å². The highest BCUT2D eigenvalue weighted by Crippen LogP contribution is 2.17. The van der Waals surface area contributed by atoms with Crippen molar-refractivity contribution >= 4 is 12.1 Å². The number of rotatable bonds is 7. The highest BCUT2D eigenvalue weighted by Gasteiger charge is 2.40. The summed E-state index contributed by atoms with van der Waals surface area (Å²) in [5, 5.41) is 9.16. The summed E-state index contributed by atoms with van der Waals surface area (Å²) in [7, 11) is 2.82. The van der Waals surface area contributed by atoms with Gasteiger partial charge in [0.1, 0.15) is 5.54 Å². The molecule has 0 aliphatic rings. The number of carboxylic acid groups (broad SMARTS) is 1. The number of methoxy groups -OCH3 is 2. The van der Waals surface area contributed by atoms with E-state index < -0.39 is 23.9 Å². The van der Waals surface area contributed by atoms with Gasteiger partial charge in [0.05, 0.1) is 13.2 Å². The molecule has 0 heterocycles. The van der Waals surface area contributed by atoms with Crippen molar-refractivity contribution in [2.75, 3.05) is 27.4 Å². The maximum absolute atomic E-state index is 11.8. The number of ether oxygens (including phenoxy) is 3. The molecule has 18 heavy (non-hydrogen) atoms. The molecule has 0 saturated heterocycles. The first-order valence-corrected chi connectivity index (χ1v) is 5.54. The molecule has 0 unspecified atom stereocenters. The van der Waals surface area contributed by atoms with Gasteiger partial charge in [-0.2, -0.15) is 0 Å². The molecule has 0 aromatic rings. The van der Waals surface area contributed by atoms with Gasteiger partial charge in [0.25, 0.3) is 0 Å². The highest BCUT2D eigenvalue weighted by atomic mass is 16.7. The molecule has 0 radical (unpaired) electrons. The molecule has 0 spiro atoms. The van der Waals surface area contributed by atoms with E-state index in [1.165, 1.54) is 28.1 Å². The minimum Gasteiger partial charge on any atom is -0.480 e. The summed E-state index contributed by atoms with van der Waals surface area (Å²) in [4.78, 5) is 24.1. The van der Waals surface area contributed by atoms with Crippen molar-refractivity contribution < 1.29 is 28.9 Å². The molecule has 0 fully saturated rings. The van der Waals surface area contributed by atoms with Crippen LogP contribution in [0.15, 0.2) is 0 Å². The van der Waals surface area contributed by atoms with Crippen LogP contribution in [0.3, 0.4) is 0 Å². The number of hydrogen-bond donors (Lipinski definition) is 1. The lowest BCUT2D eigenvalue weighted by molar-refractivity contribution is -0.155. The number of nitrogens with zero attached hydrogens (tertiary/aromatic N) is 1. The Morgan fingerprint density at radius 2 is 1.78 bits per heavy atom. The lowest BCUT2D eigenvalue weighted by Crippen LogP contribution is -2.56. The molecule has 7 nitrogen and oxygen atoms in total. The van der Waals surface area contributed by atoms with E-state index in [1.54, 1.807) is 6.92 Å². The van der Waals surface area contributed by atoms with E-state index in [2.05, 4.69) is 0 Å². The number of carbonyl (C=O) groups excluding carboxylic acids is 1. The Morgan fingerprint density at radius 3 is 2.11 bits per heavy atom. The van der Waals surface area contributed by atoms with Crippen LogP contribution in [0.1, 0.15) is 20.8 Å². The van der Waals surface area contributed by atoms with Crippen LogP contribution in [0.2, 0.25) is 0 Å². The maximum Gasteiger partial charge on any atom is 0.410 e. The van der Waals surface area contributed by atoms with Crippen LogP contribution in [0.25, 0.3) is 0 Å². The standard InChI is InChI=1S/C11H21NO6/c1-6-18-10(15)12(7-8(16-4)17-5)11(2,3)9(13)14/h8H,6-7H2,1-5H3,(H,13,14). The molecule has 0 aromatic heterocycles. The van der Waals surface area contributed by atoms with Crippen LogP contribution in [-0.2, 0) is 19.0 Å². The van der Waals surface area contributed by atoms with Gasteiger partial charge < -0.3 is 19.3 Å². The lowest BCUT2D eigenvalue weighted by Gasteiger charge is -2.35. The summed E-state index contributed by atoms with van der Waals surface area (Å²) in [6.07, 6.45) is -1.43. The van der Waals surface area contributed by atoms with Gasteiger partial charge in [-0.1, -0.05) is 0 Å². The zero-order valence-corrected chi connectivity index (χ0v) is 11.4. The van der Waals surface area contributed by atoms with Gasteiger partial charge in [0.15, 0.2) is 6.29 Å². The topological polar surface area (TPSA) is 85.3 Å². The molecule has 0 aliphatic heterocycles. The first kappa shape index (κ1) is 16.7. The average molecular weight is 263 g/mol. The first-order valence-electron chi connectivity index (χ1n) is 5.54. The van der Waals surface area contributed by atoms with Crippen molar-refractivity contribution in [2.24, 2.45) is 0 Å². The summed E-state index contributed by atoms with van der Waals surface area (Å²) in [5.74, 6) is -1.14. The Morgan fingerprint density at radius 1 is 1.28 bits per heavy atom. The van der Waals surface area contributed by atoms with Crippen LogP contribution < -0.4 is 0 Å². The van der Waals surface area contributed by atoms with E-state index in [0.717, 1.165) is 4.90 Å². The largest absolute Gasteiger partial charge is 0.480 e. The zero-order chi connectivity index (χ0) is 14.3. The summed E-state index contributed by atoms with van der Waals surface area (Å²) in [5.41, 5.74) is -1.42. The number of hydrogen-bond acceptors (Lipinski definition) is 5. The number of aliphatic carboxylic acids is 1. The third kappa shape index (κ3) is 4.15. The molecule has 0 aliphatic carbocycles. The second kappa shape index (κ2) is 7.17. The van der Waals surface area contributed by atoms with Crippen molar-refractivity contribution in [3.63, 3.8) is 0 Å². The predicted octanol–water partition coefficient (Wildman–Crippen LogP) is 0.927. The zero-order valence-electron chi connectivity index (χ0n) is 11.4. The lowest BCUT2D eigenvalue weighted by atomic mass is 10.0. The van der Waals surface area contributed by atoms with Gasteiger partial charge in [-0.3, -0.25) is 4.90 Å². The first-order chi connectivity index (χ1) is 8.31. The summed E-state index contributed by atoms with van der Waals surface area (Å²) >= 11 is 0. The molecule has 0 bridgehead atoms. The van der Waals surface area contributed by atoms with Crippen LogP contribution in [-0.4, -0.2) is 61.3 Å². The molecule has 0 atom stereocenters. The average Bonchev–Trinajstić information content (AvgIpc) is 2.30. The van der Waals surface area contributed by atoms with Gasteiger partial charge in [0.2, 0.25) is 0 Å². The number of carboxylic acids is 1. The fourth-order valence-electron chi connectivity index (χ4n) is 1.24. The fraction of sp³-hybridized carbons (Fsp3) is 0.818. The number of carbonyl (C=O) groups is 2. The maximum atomic E-state index is 11.8. The van der Waals surface area contributed by atoms with Crippen molar-refractivity contribution in [3.8, 4) is 0 Å². The minimum absolute atomic E-state index is 0.0366. The fourth-order valence-corrected chi connectivity index (χ4v) is 1.24. The number of amides is 1. The normalized spacial score (nSPS) is 11.4. The van der Waals surface area contributed by atoms with Crippen molar-refractivity contribution in [2.45, 2.75) is 32.6 Å². The second-order valence-electron chi connectivity index (χ2n) is 4.07. The molecular weight excluding hydrogens is 242 g/mol. The third-order valence-electron chi connectivity index (χ3n) is 2.54. The molecule has 0 rings (SSSR count). The van der Waals surface area contributed by atoms with Crippen LogP contribution in [0, 0.1) is 0 Å². The summed E-state index contributed by atoms with van der Waals surface area (Å²) < 4.78 is 14.8. The Labute approximate surface area is 107 Å². The predicted molar refractivity (Wildman–Crippen MR) is 63.2 cm³/mol. The van der Waals surface area contributed by atoms with Crippen LogP contribution >= 0.6 is 0 Å². The Balaban J connectivity index is 5.05. The Bertz CT molecular complexity index is 287. The summed E-state index contributed by atoms with van der Waals surface area (Å²) in [6, 6.07) is 0. The minimum atomic E-state index is -1.42. The quantitative estimate of drug-likeness (QED) is 0.688. The summed E-state index contributed by atoms with van der Waals surface area (Å²) in [6.45, 7) is 4.60. The molecule has 0 aromatic carbocycles. The van der Waals surface area contributed by atoms with E-state index in [0.29, 0.717) is 0 Å². The molecule has 1 amide bonds. The van der Waals surface area contributed by atoms with E-state index in [9.17, 15) is 9.59 Å². The molecular formula is C11H21NO6. The Kier molecular flexibility index (Phi) is 6.64. The second-order valence-corrected chi connectivity index (χ2v) is 4.07. The molecule has 1 N–H and O–H groups in total. The van der Waals surface area contributed by atoms with Crippen molar-refractivity contribution in [3.05, 3.63) is 0 Å². The van der Waals surface area contributed by atoms with Crippen molar-refractivity contribution in [1.29, 1.82) is 0 Å². The Hall–Kier alpha value is -1.34.